The zero-order chi connectivity index (χ0) is 15.2. The van der Waals surface area contributed by atoms with Crippen LogP contribution in [0, 0.1) is 0 Å². The van der Waals surface area contributed by atoms with Crippen molar-refractivity contribution >= 4 is 21.6 Å². The topological polar surface area (TPSA) is 75.6 Å². The molecule has 0 aromatic heterocycles. The third-order valence-electron chi connectivity index (χ3n) is 2.54. The lowest BCUT2D eigenvalue weighted by Gasteiger charge is -2.11. The lowest BCUT2D eigenvalue weighted by atomic mass is 10.3. The number of unbranched alkanes of at least 4 members (excludes halogenated alkanes) is 1. The van der Waals surface area contributed by atoms with Crippen molar-refractivity contribution in [2.75, 3.05) is 13.2 Å². The fourth-order valence-corrected chi connectivity index (χ4v) is 2.71. The van der Waals surface area contributed by atoms with Gasteiger partial charge in [-0.2, -0.15) is 0 Å². The Kier molecular flexibility index (Phi) is 6.75. The van der Waals surface area contributed by atoms with Crippen LogP contribution in [0.15, 0.2) is 23.1 Å². The number of hydrogen-bond donors (Lipinski definition) is 2. The first kappa shape index (κ1) is 17.2. The number of ether oxygens (including phenoxy) is 1. The van der Waals surface area contributed by atoms with E-state index in [0.29, 0.717) is 17.4 Å². The minimum absolute atomic E-state index is 0.0447. The second-order valence-corrected chi connectivity index (χ2v) is 6.67. The fourth-order valence-electron chi connectivity index (χ4n) is 1.40. The predicted molar refractivity (Wildman–Crippen MR) is 78.7 cm³/mol. The normalized spacial score (nSPS) is 13.2. The van der Waals surface area contributed by atoms with Crippen LogP contribution in [-0.4, -0.2) is 32.8 Å². The van der Waals surface area contributed by atoms with Crippen molar-refractivity contribution < 1.29 is 18.3 Å². The largest absolute Gasteiger partial charge is 0.492 e. The number of rotatable bonds is 8. The molecule has 20 heavy (non-hydrogen) atoms. The molecule has 0 unspecified atom stereocenters. The lowest BCUT2D eigenvalue weighted by molar-refractivity contribution is 0.198. The number of aliphatic hydroxyl groups excluding tert-OH is 1. The summed E-state index contributed by atoms with van der Waals surface area (Å²) in [6.07, 6.45) is 1.09. The van der Waals surface area contributed by atoms with Gasteiger partial charge in [0.25, 0.3) is 0 Å². The molecule has 0 saturated carbocycles. The molecule has 1 atom stereocenters. The average molecular weight is 322 g/mol. The first-order chi connectivity index (χ1) is 9.36. The number of benzene rings is 1. The van der Waals surface area contributed by atoms with Crippen molar-refractivity contribution in [1.82, 2.24) is 4.72 Å². The summed E-state index contributed by atoms with van der Waals surface area (Å²) in [6, 6.07) is 4.28. The minimum Gasteiger partial charge on any atom is -0.492 e. The predicted octanol–water partition coefficient (Wildman–Crippen LogP) is 2.18. The molecule has 0 aliphatic rings. The van der Waals surface area contributed by atoms with Crippen molar-refractivity contribution in [1.29, 1.82) is 0 Å². The molecule has 0 radical (unpaired) electrons. The smallest absolute Gasteiger partial charge is 0.240 e. The van der Waals surface area contributed by atoms with Crippen LogP contribution in [0.4, 0.5) is 0 Å². The Hall–Kier alpha value is -0.820. The highest BCUT2D eigenvalue weighted by Crippen LogP contribution is 2.27. The van der Waals surface area contributed by atoms with Gasteiger partial charge < -0.3 is 9.84 Å². The number of sulfonamides is 1. The highest BCUT2D eigenvalue weighted by molar-refractivity contribution is 7.89. The van der Waals surface area contributed by atoms with E-state index in [9.17, 15) is 8.42 Å². The summed E-state index contributed by atoms with van der Waals surface area (Å²) in [5.74, 6) is 0.347. The highest BCUT2D eigenvalue weighted by Gasteiger charge is 2.16. The Morgan fingerprint density at radius 2 is 2.15 bits per heavy atom. The molecule has 7 heteroatoms. The molecule has 0 heterocycles. The second-order valence-electron chi connectivity index (χ2n) is 4.50. The molecule has 0 saturated heterocycles. The monoisotopic (exact) mass is 321 g/mol. The summed E-state index contributed by atoms with van der Waals surface area (Å²) in [7, 11) is -3.67. The first-order valence-electron chi connectivity index (χ1n) is 6.47. The van der Waals surface area contributed by atoms with Crippen molar-refractivity contribution in [3.05, 3.63) is 23.2 Å². The van der Waals surface area contributed by atoms with Crippen LogP contribution >= 0.6 is 11.6 Å². The molecule has 0 spiro atoms. The molecular weight excluding hydrogens is 302 g/mol. The van der Waals surface area contributed by atoms with Crippen LogP contribution in [0.3, 0.4) is 0 Å². The molecule has 2 N–H and O–H groups in total. The SMILES string of the molecule is CCCCOc1cc(S(=O)(=O)NC[C@@H](C)O)ccc1Cl. The van der Waals surface area contributed by atoms with E-state index in [4.69, 9.17) is 21.4 Å². The maximum atomic E-state index is 12.0. The number of aliphatic hydroxyl groups is 1. The van der Waals surface area contributed by atoms with Crippen molar-refractivity contribution in [3.63, 3.8) is 0 Å². The van der Waals surface area contributed by atoms with Gasteiger partial charge in [0.1, 0.15) is 5.75 Å². The van der Waals surface area contributed by atoms with Crippen molar-refractivity contribution in [2.24, 2.45) is 0 Å². The van der Waals surface area contributed by atoms with Crippen LogP contribution in [0.25, 0.3) is 0 Å². The van der Waals surface area contributed by atoms with Gasteiger partial charge in [-0.05, 0) is 25.5 Å². The van der Waals surface area contributed by atoms with Crippen LogP contribution in [0.2, 0.25) is 5.02 Å². The first-order valence-corrected chi connectivity index (χ1v) is 8.33. The Labute approximate surface area is 125 Å². The van der Waals surface area contributed by atoms with Crippen LogP contribution in [-0.2, 0) is 10.0 Å². The van der Waals surface area contributed by atoms with Gasteiger partial charge in [-0.15, -0.1) is 0 Å². The molecule has 1 rings (SSSR count). The van der Waals surface area contributed by atoms with Gasteiger partial charge in [-0.3, -0.25) is 0 Å². The van der Waals surface area contributed by atoms with E-state index in [1.807, 2.05) is 6.92 Å². The number of halogens is 1. The maximum absolute atomic E-state index is 12.0. The van der Waals surface area contributed by atoms with Gasteiger partial charge in [-0.1, -0.05) is 24.9 Å². The molecule has 114 valence electrons. The van der Waals surface area contributed by atoms with Crippen molar-refractivity contribution in [2.45, 2.75) is 37.7 Å². The Morgan fingerprint density at radius 1 is 1.45 bits per heavy atom. The van der Waals surface area contributed by atoms with Crippen LogP contribution < -0.4 is 9.46 Å². The summed E-state index contributed by atoms with van der Waals surface area (Å²) < 4.78 is 31.8. The average Bonchev–Trinajstić information content (AvgIpc) is 2.39. The third kappa shape index (κ3) is 5.28. The van der Waals surface area contributed by atoms with Crippen LogP contribution in [0.5, 0.6) is 5.75 Å². The van der Waals surface area contributed by atoms with Gasteiger partial charge in [0.15, 0.2) is 0 Å². The van der Waals surface area contributed by atoms with E-state index in [-0.39, 0.29) is 11.4 Å². The quantitative estimate of drug-likeness (QED) is 0.720. The van der Waals surface area contributed by atoms with E-state index in [1.54, 1.807) is 0 Å². The summed E-state index contributed by atoms with van der Waals surface area (Å²) in [5, 5.41) is 9.50. The van der Waals surface area contributed by atoms with Gasteiger partial charge in [0.05, 0.1) is 22.6 Å². The molecule has 0 aliphatic carbocycles. The van der Waals surface area contributed by atoms with E-state index < -0.39 is 16.1 Å². The molecular formula is C13H20ClNO4S. The number of hydrogen-bond acceptors (Lipinski definition) is 4. The Balaban J connectivity index is 2.87. The van der Waals surface area contributed by atoms with Gasteiger partial charge in [0, 0.05) is 12.6 Å². The zero-order valence-corrected chi connectivity index (χ0v) is 13.2. The Morgan fingerprint density at radius 3 is 2.75 bits per heavy atom. The molecule has 0 bridgehead atoms. The van der Waals surface area contributed by atoms with Gasteiger partial charge >= 0.3 is 0 Å². The van der Waals surface area contributed by atoms with Gasteiger partial charge in [-0.25, -0.2) is 13.1 Å². The van der Waals surface area contributed by atoms with E-state index >= 15 is 0 Å². The lowest BCUT2D eigenvalue weighted by Crippen LogP contribution is -2.30. The van der Waals surface area contributed by atoms with Gasteiger partial charge in [0.2, 0.25) is 10.0 Å². The van der Waals surface area contributed by atoms with Crippen LogP contribution in [0.1, 0.15) is 26.7 Å². The third-order valence-corrected chi connectivity index (χ3v) is 4.27. The number of nitrogens with one attached hydrogen (secondary N) is 1. The summed E-state index contributed by atoms with van der Waals surface area (Å²) in [4.78, 5) is 0.0639. The molecule has 5 nitrogen and oxygen atoms in total. The summed E-state index contributed by atoms with van der Waals surface area (Å²) in [6.45, 7) is 3.98. The zero-order valence-electron chi connectivity index (χ0n) is 11.6. The molecule has 0 aliphatic heterocycles. The Bertz CT molecular complexity index is 531. The van der Waals surface area contributed by atoms with E-state index in [1.165, 1.54) is 25.1 Å². The summed E-state index contributed by atoms with van der Waals surface area (Å²) in [5.41, 5.74) is 0. The summed E-state index contributed by atoms with van der Waals surface area (Å²) >= 11 is 5.97. The molecule has 0 fully saturated rings. The van der Waals surface area contributed by atoms with Crippen molar-refractivity contribution in [3.8, 4) is 5.75 Å². The minimum atomic E-state index is -3.67. The highest BCUT2D eigenvalue weighted by atomic mass is 35.5. The molecule has 1 aromatic carbocycles. The molecule has 0 amide bonds. The van der Waals surface area contributed by atoms with E-state index in [2.05, 4.69) is 4.72 Å². The van der Waals surface area contributed by atoms with E-state index in [0.717, 1.165) is 12.8 Å². The standard InChI is InChI=1S/C13H20ClNO4S/c1-3-4-7-19-13-8-11(5-6-12(13)14)20(17,18)15-9-10(2)16/h5-6,8,10,15-16H,3-4,7,9H2,1-2H3/t10-/m1/s1. The molecule has 1 aromatic rings. The second kappa shape index (κ2) is 7.83. The fraction of sp³-hybridized carbons (Fsp3) is 0.538. The maximum Gasteiger partial charge on any atom is 0.240 e.